The molecule has 1 aliphatic rings. The van der Waals surface area contributed by atoms with Gasteiger partial charge >= 0.3 is 0 Å². The highest BCUT2D eigenvalue weighted by Crippen LogP contribution is 2.28. The van der Waals surface area contributed by atoms with Gasteiger partial charge in [0, 0.05) is 10.5 Å². The Kier molecular flexibility index (Phi) is 4.25. The molecule has 1 aromatic rings. The van der Waals surface area contributed by atoms with Gasteiger partial charge in [0.15, 0.2) is 0 Å². The Hall–Kier alpha value is 0.0500. The topological polar surface area (TPSA) is 66.4 Å². The quantitative estimate of drug-likeness (QED) is 0.886. The summed E-state index contributed by atoms with van der Waals surface area (Å²) in [5.41, 5.74) is 0. The second kappa shape index (κ2) is 5.36. The summed E-state index contributed by atoms with van der Waals surface area (Å²) in [4.78, 5) is 0. The minimum atomic E-state index is -3.42. The Morgan fingerprint density at radius 2 is 2.00 bits per heavy atom. The van der Waals surface area contributed by atoms with Gasteiger partial charge in [-0.25, -0.2) is 13.1 Å². The Labute approximate surface area is 113 Å². The van der Waals surface area contributed by atoms with Crippen molar-refractivity contribution in [3.05, 3.63) is 15.9 Å². The van der Waals surface area contributed by atoms with Gasteiger partial charge in [0.05, 0.1) is 6.10 Å². The maximum absolute atomic E-state index is 12.1. The summed E-state index contributed by atoms with van der Waals surface area (Å²) in [6.07, 6.45) is 2.45. The third kappa shape index (κ3) is 3.29. The number of hydrogen-bond donors (Lipinski definition) is 2. The van der Waals surface area contributed by atoms with Gasteiger partial charge in [-0.05, 0) is 53.1 Å². The molecule has 2 N–H and O–H groups in total. The summed E-state index contributed by atoms with van der Waals surface area (Å²) in [6.45, 7) is 0. The van der Waals surface area contributed by atoms with E-state index in [9.17, 15) is 13.5 Å². The first-order valence-corrected chi connectivity index (χ1v) is 8.58. The van der Waals surface area contributed by atoms with E-state index >= 15 is 0 Å². The summed E-state index contributed by atoms with van der Waals surface area (Å²) in [5, 5.41) is 11.1. The summed E-state index contributed by atoms with van der Waals surface area (Å²) in [6, 6.07) is 1.67. The molecule has 96 valence electrons. The Morgan fingerprint density at radius 3 is 2.53 bits per heavy atom. The first-order chi connectivity index (χ1) is 7.99. The van der Waals surface area contributed by atoms with Crippen LogP contribution < -0.4 is 4.72 Å². The van der Waals surface area contributed by atoms with Crippen LogP contribution in [0.15, 0.2) is 20.1 Å². The molecule has 0 bridgehead atoms. The molecule has 1 saturated carbocycles. The maximum atomic E-state index is 12.1. The monoisotopic (exact) mass is 339 g/mol. The second-order valence-corrected chi connectivity index (χ2v) is 7.86. The van der Waals surface area contributed by atoms with Gasteiger partial charge in [-0.15, -0.1) is 11.3 Å². The molecule has 0 saturated heterocycles. The molecule has 0 unspecified atom stereocenters. The van der Waals surface area contributed by atoms with Crippen LogP contribution in [-0.4, -0.2) is 25.7 Å². The van der Waals surface area contributed by atoms with Crippen LogP contribution in [0.3, 0.4) is 0 Å². The van der Waals surface area contributed by atoms with Crippen molar-refractivity contribution in [3.63, 3.8) is 0 Å². The zero-order chi connectivity index (χ0) is 12.5. The number of aliphatic hydroxyl groups is 1. The van der Waals surface area contributed by atoms with E-state index in [-0.39, 0.29) is 12.1 Å². The number of nitrogens with one attached hydrogen (secondary N) is 1. The molecule has 0 aliphatic heterocycles. The molecular formula is C10H14BrNO3S2. The van der Waals surface area contributed by atoms with Gasteiger partial charge in [0.25, 0.3) is 10.0 Å². The zero-order valence-corrected chi connectivity index (χ0v) is 12.3. The third-order valence-corrected chi connectivity index (χ3v) is 7.04. The Balaban J connectivity index is 2.06. The standard InChI is InChI=1S/C10H14BrNO3S2/c11-9-5-6-16-10(9)17(14,15)12-7-1-3-8(13)4-2-7/h5-8,12-13H,1-4H2. The molecule has 0 amide bonds. The van der Waals surface area contributed by atoms with E-state index in [0.717, 1.165) is 0 Å². The normalized spacial score (nSPS) is 26.0. The lowest BCUT2D eigenvalue weighted by Gasteiger charge is -2.25. The molecule has 2 rings (SSSR count). The van der Waals surface area contributed by atoms with Crippen LogP contribution >= 0.6 is 27.3 Å². The molecule has 0 spiro atoms. The fraction of sp³-hybridized carbons (Fsp3) is 0.600. The van der Waals surface area contributed by atoms with Crippen LogP contribution in [0, 0.1) is 0 Å². The van der Waals surface area contributed by atoms with Crippen molar-refractivity contribution in [1.82, 2.24) is 4.72 Å². The van der Waals surface area contributed by atoms with Gasteiger partial charge in [-0.3, -0.25) is 0 Å². The van der Waals surface area contributed by atoms with Crippen LogP contribution in [0.5, 0.6) is 0 Å². The molecule has 1 aliphatic carbocycles. The summed E-state index contributed by atoms with van der Waals surface area (Å²) in [5.74, 6) is 0. The lowest BCUT2D eigenvalue weighted by atomic mass is 9.94. The molecule has 4 nitrogen and oxygen atoms in total. The molecule has 0 aromatic carbocycles. The number of sulfonamides is 1. The lowest BCUT2D eigenvalue weighted by Crippen LogP contribution is -2.38. The lowest BCUT2D eigenvalue weighted by molar-refractivity contribution is 0.120. The van der Waals surface area contributed by atoms with Crippen molar-refractivity contribution in [2.75, 3.05) is 0 Å². The summed E-state index contributed by atoms with van der Waals surface area (Å²) >= 11 is 4.43. The highest BCUT2D eigenvalue weighted by atomic mass is 79.9. The average Bonchev–Trinajstić information content (AvgIpc) is 2.68. The van der Waals surface area contributed by atoms with Crippen LogP contribution in [0.4, 0.5) is 0 Å². The molecule has 1 fully saturated rings. The van der Waals surface area contributed by atoms with Crippen molar-refractivity contribution >= 4 is 37.3 Å². The van der Waals surface area contributed by atoms with Gasteiger partial charge in [-0.2, -0.15) is 0 Å². The molecule has 0 atom stereocenters. The predicted molar refractivity (Wildman–Crippen MR) is 70.6 cm³/mol. The number of rotatable bonds is 3. The van der Waals surface area contributed by atoms with E-state index in [2.05, 4.69) is 20.7 Å². The van der Waals surface area contributed by atoms with E-state index in [1.165, 1.54) is 11.3 Å². The van der Waals surface area contributed by atoms with Crippen molar-refractivity contribution in [1.29, 1.82) is 0 Å². The van der Waals surface area contributed by atoms with E-state index in [4.69, 9.17) is 0 Å². The van der Waals surface area contributed by atoms with Crippen molar-refractivity contribution in [2.24, 2.45) is 0 Å². The average molecular weight is 340 g/mol. The molecule has 7 heteroatoms. The fourth-order valence-corrected chi connectivity index (χ4v) is 5.60. The smallest absolute Gasteiger partial charge is 0.251 e. The van der Waals surface area contributed by atoms with E-state index in [1.807, 2.05) is 0 Å². The molecule has 1 heterocycles. The Morgan fingerprint density at radius 1 is 1.35 bits per heavy atom. The maximum Gasteiger partial charge on any atom is 0.251 e. The van der Waals surface area contributed by atoms with E-state index < -0.39 is 10.0 Å². The molecule has 1 aromatic heterocycles. The SMILES string of the molecule is O=S(=O)(NC1CCC(O)CC1)c1sccc1Br. The van der Waals surface area contributed by atoms with Crippen molar-refractivity contribution in [3.8, 4) is 0 Å². The van der Waals surface area contributed by atoms with Gasteiger partial charge < -0.3 is 5.11 Å². The number of halogens is 1. The van der Waals surface area contributed by atoms with E-state index in [0.29, 0.717) is 34.4 Å². The van der Waals surface area contributed by atoms with Crippen molar-refractivity contribution < 1.29 is 13.5 Å². The van der Waals surface area contributed by atoms with Gasteiger partial charge in [0.1, 0.15) is 4.21 Å². The first kappa shape index (κ1) is 13.5. The Bertz CT molecular complexity index is 477. The van der Waals surface area contributed by atoms with Crippen LogP contribution in [0.25, 0.3) is 0 Å². The number of thiophene rings is 1. The minimum absolute atomic E-state index is 0.0580. The highest BCUT2D eigenvalue weighted by molar-refractivity contribution is 9.10. The fourth-order valence-electron chi connectivity index (χ4n) is 1.94. The third-order valence-electron chi connectivity index (χ3n) is 2.85. The van der Waals surface area contributed by atoms with Crippen LogP contribution in [0.2, 0.25) is 0 Å². The minimum Gasteiger partial charge on any atom is -0.393 e. The first-order valence-electron chi connectivity index (χ1n) is 5.42. The second-order valence-electron chi connectivity index (χ2n) is 4.18. The predicted octanol–water partition coefficient (Wildman–Crippen LogP) is 2.09. The molecule has 0 radical (unpaired) electrons. The van der Waals surface area contributed by atoms with Gasteiger partial charge in [0.2, 0.25) is 0 Å². The van der Waals surface area contributed by atoms with Crippen molar-refractivity contribution in [2.45, 2.75) is 42.0 Å². The van der Waals surface area contributed by atoms with Crippen LogP contribution in [-0.2, 0) is 10.0 Å². The van der Waals surface area contributed by atoms with Gasteiger partial charge in [-0.1, -0.05) is 0 Å². The summed E-state index contributed by atoms with van der Waals surface area (Å²) in [7, 11) is -3.42. The zero-order valence-electron chi connectivity index (χ0n) is 9.10. The molecule has 17 heavy (non-hydrogen) atoms. The van der Waals surface area contributed by atoms with E-state index in [1.54, 1.807) is 11.4 Å². The largest absolute Gasteiger partial charge is 0.393 e. The van der Waals surface area contributed by atoms with Crippen LogP contribution in [0.1, 0.15) is 25.7 Å². The number of hydrogen-bond acceptors (Lipinski definition) is 4. The highest BCUT2D eigenvalue weighted by Gasteiger charge is 2.26. The number of aliphatic hydroxyl groups excluding tert-OH is 1. The summed E-state index contributed by atoms with van der Waals surface area (Å²) < 4.78 is 27.8. The molecular weight excluding hydrogens is 326 g/mol.